The van der Waals surface area contributed by atoms with E-state index >= 15 is 0 Å². The van der Waals surface area contributed by atoms with Crippen LogP contribution in [0.2, 0.25) is 0 Å². The Kier molecular flexibility index (Phi) is 3.62. The highest BCUT2D eigenvalue weighted by atomic mass is 16.5. The maximum Gasteiger partial charge on any atom is 0.259 e. The number of hydrogen-bond acceptors (Lipinski definition) is 4. The molecule has 0 saturated carbocycles. The number of nitrogens with one attached hydrogen (secondary N) is 1. The van der Waals surface area contributed by atoms with Crippen molar-refractivity contribution < 1.29 is 4.74 Å². The molecule has 136 valence electrons. The van der Waals surface area contributed by atoms with Crippen LogP contribution in [0.1, 0.15) is 0 Å². The predicted molar refractivity (Wildman–Crippen MR) is 110 cm³/mol. The van der Waals surface area contributed by atoms with Gasteiger partial charge in [0.1, 0.15) is 17.1 Å². The van der Waals surface area contributed by atoms with Gasteiger partial charge in [0.15, 0.2) is 0 Å². The van der Waals surface area contributed by atoms with Gasteiger partial charge in [-0.3, -0.25) is 4.79 Å². The lowest BCUT2D eigenvalue weighted by Crippen LogP contribution is -2.10. The summed E-state index contributed by atoms with van der Waals surface area (Å²) in [6.45, 7) is 0. The molecule has 0 unspecified atom stereocenters. The molecular formula is C22H16N4O2. The first-order valence-corrected chi connectivity index (χ1v) is 8.82. The van der Waals surface area contributed by atoms with Crippen molar-refractivity contribution in [2.45, 2.75) is 0 Å². The lowest BCUT2D eigenvalue weighted by molar-refractivity contribution is 0.483. The van der Waals surface area contributed by atoms with Gasteiger partial charge >= 0.3 is 0 Å². The maximum atomic E-state index is 12.3. The fraction of sp³-hybridized carbons (Fsp3) is 0. The minimum Gasteiger partial charge on any atom is -0.457 e. The molecule has 0 spiro atoms. The Labute approximate surface area is 159 Å². The van der Waals surface area contributed by atoms with E-state index in [0.29, 0.717) is 22.2 Å². The summed E-state index contributed by atoms with van der Waals surface area (Å²) in [7, 11) is 0. The number of para-hydroxylation sites is 1. The summed E-state index contributed by atoms with van der Waals surface area (Å²) >= 11 is 0. The summed E-state index contributed by atoms with van der Waals surface area (Å²) in [5.74, 6) is 1.52. The molecule has 0 fully saturated rings. The number of ether oxygens (including phenoxy) is 1. The van der Waals surface area contributed by atoms with Crippen molar-refractivity contribution in [1.29, 1.82) is 0 Å². The SMILES string of the molecule is Nc1ccc2c(=O)[nH]c3cc(-c4ccc(Oc5ccccc5)cc4)nn3c2c1. The minimum absolute atomic E-state index is 0.166. The van der Waals surface area contributed by atoms with Crippen molar-refractivity contribution >= 4 is 22.2 Å². The summed E-state index contributed by atoms with van der Waals surface area (Å²) < 4.78 is 7.53. The highest BCUT2D eigenvalue weighted by molar-refractivity contribution is 5.84. The normalized spacial score (nSPS) is 11.1. The van der Waals surface area contributed by atoms with Crippen molar-refractivity contribution in [3.8, 4) is 22.8 Å². The van der Waals surface area contributed by atoms with Gasteiger partial charge in [0.2, 0.25) is 0 Å². The summed E-state index contributed by atoms with van der Waals surface area (Å²) in [4.78, 5) is 15.2. The Morgan fingerprint density at radius 1 is 0.893 bits per heavy atom. The summed E-state index contributed by atoms with van der Waals surface area (Å²) in [6.07, 6.45) is 0. The second kappa shape index (κ2) is 6.28. The fourth-order valence-electron chi connectivity index (χ4n) is 3.21. The number of nitrogens with zero attached hydrogens (tertiary/aromatic N) is 2. The van der Waals surface area contributed by atoms with Crippen LogP contribution < -0.4 is 16.0 Å². The molecule has 0 radical (unpaired) electrons. The molecule has 6 heteroatoms. The molecule has 5 rings (SSSR count). The highest BCUT2D eigenvalue weighted by Gasteiger charge is 2.10. The molecule has 0 amide bonds. The van der Waals surface area contributed by atoms with Crippen LogP contribution in [0.25, 0.3) is 27.8 Å². The third-order valence-electron chi connectivity index (χ3n) is 4.57. The summed E-state index contributed by atoms with van der Waals surface area (Å²) in [5.41, 5.74) is 9.27. The number of aromatic nitrogens is 3. The number of H-pyrrole nitrogens is 1. The topological polar surface area (TPSA) is 85.4 Å². The Morgan fingerprint density at radius 3 is 2.43 bits per heavy atom. The van der Waals surface area contributed by atoms with Gasteiger partial charge < -0.3 is 15.5 Å². The van der Waals surface area contributed by atoms with E-state index in [0.717, 1.165) is 22.8 Å². The van der Waals surface area contributed by atoms with Gasteiger partial charge in [-0.2, -0.15) is 5.10 Å². The number of aromatic amines is 1. The molecule has 2 heterocycles. The molecule has 0 aliphatic rings. The van der Waals surface area contributed by atoms with Gasteiger partial charge in [-0.25, -0.2) is 4.52 Å². The van der Waals surface area contributed by atoms with E-state index in [1.165, 1.54) is 0 Å². The van der Waals surface area contributed by atoms with Crippen LogP contribution >= 0.6 is 0 Å². The number of rotatable bonds is 3. The number of nitrogens with two attached hydrogens (primary N) is 1. The lowest BCUT2D eigenvalue weighted by atomic mass is 10.1. The molecule has 0 atom stereocenters. The van der Waals surface area contributed by atoms with E-state index < -0.39 is 0 Å². The predicted octanol–water partition coefficient (Wildman–Crippen LogP) is 4.22. The van der Waals surface area contributed by atoms with Crippen molar-refractivity contribution in [2.75, 3.05) is 5.73 Å². The fourth-order valence-corrected chi connectivity index (χ4v) is 3.21. The lowest BCUT2D eigenvalue weighted by Gasteiger charge is -2.05. The Hall–Kier alpha value is -4.06. The first-order valence-electron chi connectivity index (χ1n) is 8.82. The van der Waals surface area contributed by atoms with Crippen LogP contribution in [-0.2, 0) is 0 Å². The Balaban J connectivity index is 1.55. The zero-order valence-corrected chi connectivity index (χ0v) is 14.8. The van der Waals surface area contributed by atoms with Crippen LogP contribution in [0.4, 0.5) is 5.69 Å². The van der Waals surface area contributed by atoms with Gasteiger partial charge in [-0.05, 0) is 54.6 Å². The van der Waals surface area contributed by atoms with Crippen molar-refractivity contribution in [2.24, 2.45) is 0 Å². The van der Waals surface area contributed by atoms with Gasteiger partial charge in [-0.1, -0.05) is 18.2 Å². The largest absolute Gasteiger partial charge is 0.457 e. The second-order valence-electron chi connectivity index (χ2n) is 6.50. The smallest absolute Gasteiger partial charge is 0.259 e. The molecule has 3 aromatic carbocycles. The molecule has 3 N–H and O–H groups in total. The van der Waals surface area contributed by atoms with E-state index in [9.17, 15) is 4.79 Å². The van der Waals surface area contributed by atoms with Crippen molar-refractivity contribution in [3.05, 3.63) is 89.2 Å². The number of nitrogen functional groups attached to an aromatic ring is 1. The van der Waals surface area contributed by atoms with E-state index in [4.69, 9.17) is 10.5 Å². The number of anilines is 1. The van der Waals surface area contributed by atoms with Crippen molar-refractivity contribution in [3.63, 3.8) is 0 Å². The quantitative estimate of drug-likeness (QED) is 0.467. The Bertz CT molecular complexity index is 1350. The number of hydrogen-bond donors (Lipinski definition) is 2. The summed E-state index contributed by atoms with van der Waals surface area (Å²) in [6, 6.07) is 24.3. The molecule has 0 aliphatic carbocycles. The average molecular weight is 368 g/mol. The van der Waals surface area contributed by atoms with Crippen LogP contribution in [0.3, 0.4) is 0 Å². The van der Waals surface area contributed by atoms with Crippen LogP contribution in [0.15, 0.2) is 83.7 Å². The molecular weight excluding hydrogens is 352 g/mol. The second-order valence-corrected chi connectivity index (χ2v) is 6.50. The number of benzene rings is 3. The van der Waals surface area contributed by atoms with E-state index in [-0.39, 0.29) is 5.56 Å². The standard InChI is InChI=1S/C22H16N4O2/c23-15-8-11-18-20(12-15)26-21(24-22(18)27)13-19(25-26)14-6-9-17(10-7-14)28-16-4-2-1-3-5-16/h1-13H,23H2,(H,24,27). The van der Waals surface area contributed by atoms with E-state index in [2.05, 4.69) is 10.1 Å². The average Bonchev–Trinajstić information content (AvgIpc) is 3.13. The van der Waals surface area contributed by atoms with Gasteiger partial charge in [0, 0.05) is 17.3 Å². The number of fused-ring (bicyclic) bond motifs is 3. The van der Waals surface area contributed by atoms with Crippen LogP contribution in [0.5, 0.6) is 11.5 Å². The monoisotopic (exact) mass is 368 g/mol. The van der Waals surface area contributed by atoms with Crippen molar-refractivity contribution in [1.82, 2.24) is 14.6 Å². The third-order valence-corrected chi connectivity index (χ3v) is 4.57. The first-order chi connectivity index (χ1) is 13.7. The maximum absolute atomic E-state index is 12.3. The highest BCUT2D eigenvalue weighted by Crippen LogP contribution is 2.26. The van der Waals surface area contributed by atoms with E-state index in [1.807, 2.05) is 60.7 Å². The third kappa shape index (κ3) is 2.77. The molecule has 28 heavy (non-hydrogen) atoms. The molecule has 0 saturated heterocycles. The molecule has 5 aromatic rings. The zero-order valence-electron chi connectivity index (χ0n) is 14.8. The van der Waals surface area contributed by atoms with Crippen LogP contribution in [0, 0.1) is 0 Å². The first kappa shape index (κ1) is 16.1. The summed E-state index contributed by atoms with van der Waals surface area (Å²) in [5, 5.41) is 5.20. The molecule has 0 aliphatic heterocycles. The molecule has 6 nitrogen and oxygen atoms in total. The van der Waals surface area contributed by atoms with Crippen LogP contribution in [-0.4, -0.2) is 14.6 Å². The van der Waals surface area contributed by atoms with Gasteiger partial charge in [-0.15, -0.1) is 0 Å². The zero-order chi connectivity index (χ0) is 19.1. The van der Waals surface area contributed by atoms with E-state index in [1.54, 1.807) is 22.7 Å². The molecule has 2 aromatic heterocycles. The molecule has 0 bridgehead atoms. The Morgan fingerprint density at radius 2 is 1.64 bits per heavy atom. The minimum atomic E-state index is -0.166. The van der Waals surface area contributed by atoms with Gasteiger partial charge in [0.05, 0.1) is 16.6 Å². The van der Waals surface area contributed by atoms with Gasteiger partial charge in [0.25, 0.3) is 5.56 Å².